The molecule has 1 saturated heterocycles. The van der Waals surface area contributed by atoms with Crippen molar-refractivity contribution in [3.8, 4) is 11.5 Å². The summed E-state index contributed by atoms with van der Waals surface area (Å²) in [5.41, 5.74) is 3.29. The number of aliphatic hydroxyl groups is 1. The molecule has 35 heavy (non-hydrogen) atoms. The van der Waals surface area contributed by atoms with Gasteiger partial charge in [0.1, 0.15) is 19.0 Å². The SMILES string of the molecule is CC(C)c1ccc([C@H]2C(=C(O)c3ccc4c(c3)OCCO4)C(=O)C(=O)N2Cc2ccccc2)cc1. The highest BCUT2D eigenvalue weighted by Crippen LogP contribution is 2.42. The predicted octanol–water partition coefficient (Wildman–Crippen LogP) is 5.20. The summed E-state index contributed by atoms with van der Waals surface area (Å²) in [5, 5.41) is 11.4. The third-order valence-electron chi connectivity index (χ3n) is 6.47. The second-order valence-corrected chi connectivity index (χ2v) is 9.09. The first-order valence-electron chi connectivity index (χ1n) is 11.8. The van der Waals surface area contributed by atoms with Crippen LogP contribution in [0.5, 0.6) is 11.5 Å². The van der Waals surface area contributed by atoms with Gasteiger partial charge in [-0.1, -0.05) is 68.4 Å². The number of hydrogen-bond donors (Lipinski definition) is 1. The van der Waals surface area contributed by atoms with Crippen molar-refractivity contribution in [3.05, 3.63) is 101 Å². The van der Waals surface area contributed by atoms with E-state index in [9.17, 15) is 14.7 Å². The van der Waals surface area contributed by atoms with Crippen LogP contribution < -0.4 is 9.47 Å². The molecule has 1 N–H and O–H groups in total. The normalized spacial score (nSPS) is 18.8. The zero-order valence-corrected chi connectivity index (χ0v) is 19.7. The van der Waals surface area contributed by atoms with E-state index in [0.717, 1.165) is 16.7 Å². The number of carbonyl (C=O) groups excluding carboxylic acids is 2. The molecule has 0 aliphatic carbocycles. The highest BCUT2D eigenvalue weighted by atomic mass is 16.6. The minimum absolute atomic E-state index is 0.0694. The van der Waals surface area contributed by atoms with Crippen LogP contribution in [0, 0.1) is 0 Å². The average Bonchev–Trinajstić information content (AvgIpc) is 3.13. The number of fused-ring (bicyclic) bond motifs is 1. The molecule has 2 aliphatic rings. The molecule has 0 saturated carbocycles. The molecular weight excluding hydrogens is 442 g/mol. The maximum atomic E-state index is 13.3. The van der Waals surface area contributed by atoms with Gasteiger partial charge in [-0.05, 0) is 40.8 Å². The highest BCUT2D eigenvalue weighted by molar-refractivity contribution is 6.46. The summed E-state index contributed by atoms with van der Waals surface area (Å²) in [7, 11) is 0. The summed E-state index contributed by atoms with van der Waals surface area (Å²) in [6, 6.07) is 21.7. The van der Waals surface area contributed by atoms with Crippen LogP contribution in [0.15, 0.2) is 78.4 Å². The first-order chi connectivity index (χ1) is 16.9. The Bertz CT molecular complexity index is 1290. The van der Waals surface area contributed by atoms with Crippen LogP contribution in [0.25, 0.3) is 5.76 Å². The Balaban J connectivity index is 1.62. The highest BCUT2D eigenvalue weighted by Gasteiger charge is 2.46. The zero-order valence-electron chi connectivity index (χ0n) is 19.7. The molecule has 2 heterocycles. The minimum atomic E-state index is -0.718. The Morgan fingerprint density at radius 3 is 2.31 bits per heavy atom. The molecule has 6 heteroatoms. The van der Waals surface area contributed by atoms with Gasteiger partial charge in [0.05, 0.1) is 11.6 Å². The van der Waals surface area contributed by atoms with E-state index in [1.165, 1.54) is 4.90 Å². The third-order valence-corrected chi connectivity index (χ3v) is 6.47. The van der Waals surface area contributed by atoms with E-state index in [-0.39, 0.29) is 17.9 Å². The van der Waals surface area contributed by atoms with Crippen molar-refractivity contribution < 1.29 is 24.2 Å². The average molecular weight is 470 g/mol. The molecule has 6 nitrogen and oxygen atoms in total. The molecule has 0 spiro atoms. The van der Waals surface area contributed by atoms with Gasteiger partial charge in [-0.3, -0.25) is 9.59 Å². The van der Waals surface area contributed by atoms with Crippen molar-refractivity contribution in [2.24, 2.45) is 0 Å². The summed E-state index contributed by atoms with van der Waals surface area (Å²) in [4.78, 5) is 28.1. The van der Waals surface area contributed by atoms with E-state index < -0.39 is 17.7 Å². The first kappa shape index (κ1) is 22.7. The van der Waals surface area contributed by atoms with Gasteiger partial charge in [-0.25, -0.2) is 0 Å². The molecule has 3 aromatic carbocycles. The summed E-state index contributed by atoms with van der Waals surface area (Å²) >= 11 is 0. The Kier molecular flexibility index (Phi) is 6.03. The van der Waals surface area contributed by atoms with Crippen molar-refractivity contribution in [1.29, 1.82) is 0 Å². The maximum Gasteiger partial charge on any atom is 0.295 e. The number of ether oxygens (including phenoxy) is 2. The van der Waals surface area contributed by atoms with Gasteiger partial charge in [0.15, 0.2) is 11.5 Å². The van der Waals surface area contributed by atoms with Gasteiger partial charge in [-0.15, -0.1) is 0 Å². The third kappa shape index (κ3) is 4.28. The molecule has 0 aromatic heterocycles. The maximum absolute atomic E-state index is 13.3. The van der Waals surface area contributed by atoms with Crippen molar-refractivity contribution >= 4 is 17.4 Å². The lowest BCUT2D eigenvalue weighted by atomic mass is 9.93. The molecule has 0 radical (unpaired) electrons. The Labute approximate surface area is 204 Å². The van der Waals surface area contributed by atoms with Gasteiger partial charge in [0.25, 0.3) is 11.7 Å². The number of nitrogens with zero attached hydrogens (tertiary/aromatic N) is 1. The van der Waals surface area contributed by atoms with Crippen LogP contribution in [-0.2, 0) is 16.1 Å². The van der Waals surface area contributed by atoms with E-state index in [1.54, 1.807) is 18.2 Å². The van der Waals surface area contributed by atoms with Crippen LogP contribution in [0.3, 0.4) is 0 Å². The molecule has 1 atom stereocenters. The van der Waals surface area contributed by atoms with E-state index in [2.05, 4.69) is 13.8 Å². The fourth-order valence-electron chi connectivity index (χ4n) is 4.58. The Morgan fingerprint density at radius 2 is 1.63 bits per heavy atom. The number of carbonyl (C=O) groups is 2. The smallest absolute Gasteiger partial charge is 0.295 e. The van der Waals surface area contributed by atoms with Crippen molar-refractivity contribution in [2.45, 2.75) is 32.4 Å². The Hall–Kier alpha value is -4.06. The van der Waals surface area contributed by atoms with Crippen LogP contribution >= 0.6 is 0 Å². The molecule has 2 aliphatic heterocycles. The molecule has 0 bridgehead atoms. The number of amides is 1. The second kappa shape index (κ2) is 9.29. The number of ketones is 1. The zero-order chi connectivity index (χ0) is 24.5. The van der Waals surface area contributed by atoms with Gasteiger partial charge in [-0.2, -0.15) is 0 Å². The van der Waals surface area contributed by atoms with Crippen LogP contribution in [0.2, 0.25) is 0 Å². The largest absolute Gasteiger partial charge is 0.507 e. The Morgan fingerprint density at radius 1 is 0.943 bits per heavy atom. The summed E-state index contributed by atoms with van der Waals surface area (Å²) < 4.78 is 11.2. The summed E-state index contributed by atoms with van der Waals surface area (Å²) in [6.07, 6.45) is 0. The molecule has 1 amide bonds. The molecule has 178 valence electrons. The number of Topliss-reactive ketones (excluding diaryl/α,β-unsaturated/α-hetero) is 1. The van der Waals surface area contributed by atoms with Crippen LogP contribution in [0.1, 0.15) is 48.1 Å². The van der Waals surface area contributed by atoms with E-state index in [1.807, 2.05) is 54.6 Å². The topological polar surface area (TPSA) is 76.1 Å². The fourth-order valence-corrected chi connectivity index (χ4v) is 4.58. The van der Waals surface area contributed by atoms with Crippen LogP contribution in [0.4, 0.5) is 0 Å². The molecule has 3 aromatic rings. The number of likely N-dealkylation sites (tertiary alicyclic amines) is 1. The standard InChI is InChI=1S/C29H27NO5/c1-18(2)20-8-10-21(11-9-20)26-25(27(31)22-12-13-23-24(16-22)35-15-14-34-23)28(32)29(33)30(26)17-19-6-4-3-5-7-19/h3-13,16,18,26,31H,14-15,17H2,1-2H3/t26-/m0/s1. The monoisotopic (exact) mass is 469 g/mol. The minimum Gasteiger partial charge on any atom is -0.507 e. The lowest BCUT2D eigenvalue weighted by Crippen LogP contribution is -2.29. The van der Waals surface area contributed by atoms with Crippen molar-refractivity contribution in [2.75, 3.05) is 13.2 Å². The van der Waals surface area contributed by atoms with Crippen molar-refractivity contribution in [1.82, 2.24) is 4.90 Å². The number of hydrogen-bond acceptors (Lipinski definition) is 5. The van der Waals surface area contributed by atoms with Gasteiger partial charge in [0, 0.05) is 12.1 Å². The second-order valence-electron chi connectivity index (χ2n) is 9.09. The quantitative estimate of drug-likeness (QED) is 0.316. The van der Waals surface area contributed by atoms with E-state index in [0.29, 0.717) is 36.2 Å². The summed E-state index contributed by atoms with van der Waals surface area (Å²) in [6.45, 7) is 5.33. The number of benzene rings is 3. The van der Waals surface area contributed by atoms with Gasteiger partial charge >= 0.3 is 0 Å². The van der Waals surface area contributed by atoms with Crippen molar-refractivity contribution in [3.63, 3.8) is 0 Å². The predicted molar refractivity (Wildman–Crippen MR) is 132 cm³/mol. The first-order valence-corrected chi connectivity index (χ1v) is 11.8. The molecular formula is C29H27NO5. The van der Waals surface area contributed by atoms with Gasteiger partial charge in [0.2, 0.25) is 0 Å². The molecule has 1 fully saturated rings. The summed E-state index contributed by atoms with van der Waals surface area (Å²) in [5.74, 6) is -0.141. The van der Waals surface area contributed by atoms with Crippen LogP contribution in [-0.4, -0.2) is 34.9 Å². The van der Waals surface area contributed by atoms with E-state index >= 15 is 0 Å². The molecule has 5 rings (SSSR count). The van der Waals surface area contributed by atoms with Gasteiger partial charge < -0.3 is 19.5 Å². The number of rotatable bonds is 5. The fraction of sp³-hybridized carbons (Fsp3) is 0.241. The number of aliphatic hydroxyl groups excluding tert-OH is 1. The van der Waals surface area contributed by atoms with E-state index in [4.69, 9.17) is 9.47 Å². The molecule has 0 unspecified atom stereocenters. The lowest BCUT2D eigenvalue weighted by Gasteiger charge is -2.26. The lowest BCUT2D eigenvalue weighted by molar-refractivity contribution is -0.140.